The molecule has 0 aliphatic carbocycles. The lowest BCUT2D eigenvalue weighted by Crippen LogP contribution is -2.38. The van der Waals surface area contributed by atoms with Crippen molar-refractivity contribution in [3.8, 4) is 0 Å². The molecule has 136 valence electrons. The Balaban J connectivity index is 1.83. The third-order valence-electron chi connectivity index (χ3n) is 4.11. The van der Waals surface area contributed by atoms with Gasteiger partial charge in [0, 0.05) is 57.9 Å². The van der Waals surface area contributed by atoms with E-state index in [2.05, 4.69) is 54.1 Å². The summed E-state index contributed by atoms with van der Waals surface area (Å²) in [4.78, 5) is 18.5. The number of hydrogen-bond acceptors (Lipinski definition) is 2. The van der Waals surface area contributed by atoms with Crippen LogP contribution in [0, 0.1) is 0 Å². The lowest BCUT2D eigenvalue weighted by atomic mass is 10.3. The highest BCUT2D eigenvalue weighted by Crippen LogP contribution is 2.04. The van der Waals surface area contributed by atoms with E-state index in [-0.39, 0.29) is 5.56 Å². The molecular weight excluding hydrogens is 314 g/mol. The summed E-state index contributed by atoms with van der Waals surface area (Å²) in [7, 11) is 4.11. The first-order valence-corrected chi connectivity index (χ1v) is 8.87. The molecule has 0 radical (unpaired) electrons. The van der Waals surface area contributed by atoms with E-state index >= 15 is 0 Å². The molecule has 0 saturated carbocycles. The number of aromatic nitrogens is 2. The number of guanidine groups is 1. The van der Waals surface area contributed by atoms with Crippen LogP contribution < -0.4 is 10.9 Å². The zero-order chi connectivity index (χ0) is 18.1. The van der Waals surface area contributed by atoms with Crippen molar-refractivity contribution >= 4 is 5.96 Å². The Kier molecular flexibility index (Phi) is 7.32. The van der Waals surface area contributed by atoms with Crippen LogP contribution in [0.25, 0.3) is 0 Å². The summed E-state index contributed by atoms with van der Waals surface area (Å²) < 4.78 is 3.87. The van der Waals surface area contributed by atoms with Gasteiger partial charge in [-0.15, -0.1) is 0 Å². The molecule has 1 N–H and O–H groups in total. The summed E-state index contributed by atoms with van der Waals surface area (Å²) in [5.74, 6) is 0.917. The van der Waals surface area contributed by atoms with Crippen LogP contribution in [0.2, 0.25) is 0 Å². The van der Waals surface area contributed by atoms with Crippen molar-refractivity contribution in [1.29, 1.82) is 0 Å². The summed E-state index contributed by atoms with van der Waals surface area (Å²) in [6, 6.07) is 9.44. The van der Waals surface area contributed by atoms with Gasteiger partial charge in [-0.1, -0.05) is 6.07 Å². The molecule has 6 heteroatoms. The maximum atomic E-state index is 11.7. The predicted octanol–water partition coefficient (Wildman–Crippen LogP) is 2.06. The standard InChI is InChI=1S/C19H29N5O/c1-4-20-19(23(3)16-17-10-9-13-22(17)2)21-12-6-8-15-24-14-7-5-11-18(24)25/h5,7,9-11,13-14H,4,6,8,12,15-16H2,1-3H3,(H,20,21). The molecule has 2 aromatic rings. The van der Waals surface area contributed by atoms with Crippen molar-refractivity contribution in [2.45, 2.75) is 32.9 Å². The fourth-order valence-electron chi connectivity index (χ4n) is 2.67. The largest absolute Gasteiger partial charge is 0.357 e. The summed E-state index contributed by atoms with van der Waals surface area (Å²) in [5, 5.41) is 3.34. The second kappa shape index (κ2) is 9.71. The van der Waals surface area contributed by atoms with Crippen LogP contribution in [0.15, 0.2) is 52.5 Å². The monoisotopic (exact) mass is 343 g/mol. The molecule has 0 atom stereocenters. The molecule has 2 aromatic heterocycles. The van der Waals surface area contributed by atoms with E-state index in [0.717, 1.165) is 45.0 Å². The SMILES string of the molecule is CCNC(=NCCCCn1ccccc1=O)N(C)Cc1cccn1C. The van der Waals surface area contributed by atoms with Gasteiger partial charge < -0.3 is 19.4 Å². The van der Waals surface area contributed by atoms with Crippen LogP contribution in [0.1, 0.15) is 25.5 Å². The normalized spacial score (nSPS) is 11.6. The first-order chi connectivity index (χ1) is 12.1. The van der Waals surface area contributed by atoms with Gasteiger partial charge in [-0.05, 0) is 38.0 Å². The lowest BCUT2D eigenvalue weighted by Gasteiger charge is -2.22. The van der Waals surface area contributed by atoms with Gasteiger partial charge >= 0.3 is 0 Å². The van der Waals surface area contributed by atoms with Gasteiger partial charge in [-0.3, -0.25) is 9.79 Å². The number of rotatable bonds is 8. The van der Waals surface area contributed by atoms with Crippen molar-refractivity contribution in [3.63, 3.8) is 0 Å². The minimum Gasteiger partial charge on any atom is -0.357 e. The van der Waals surface area contributed by atoms with E-state index in [4.69, 9.17) is 4.99 Å². The molecule has 0 fully saturated rings. The number of nitrogens with zero attached hydrogens (tertiary/aromatic N) is 4. The summed E-state index contributed by atoms with van der Waals surface area (Å²) >= 11 is 0. The van der Waals surface area contributed by atoms with Crippen molar-refractivity contribution in [2.75, 3.05) is 20.1 Å². The number of aryl methyl sites for hydroxylation is 2. The second-order valence-corrected chi connectivity index (χ2v) is 6.14. The van der Waals surface area contributed by atoms with Gasteiger partial charge in [-0.25, -0.2) is 0 Å². The molecule has 0 bridgehead atoms. The summed E-state index contributed by atoms with van der Waals surface area (Å²) in [5.41, 5.74) is 1.30. The average Bonchev–Trinajstić information content (AvgIpc) is 3.00. The van der Waals surface area contributed by atoms with Gasteiger partial charge in [-0.2, -0.15) is 0 Å². The molecule has 0 aromatic carbocycles. The number of hydrogen-bond donors (Lipinski definition) is 1. The van der Waals surface area contributed by atoms with Crippen LogP contribution >= 0.6 is 0 Å². The van der Waals surface area contributed by atoms with Crippen LogP contribution in [-0.4, -0.2) is 40.1 Å². The minimum atomic E-state index is 0.0571. The summed E-state index contributed by atoms with van der Waals surface area (Å²) in [6.45, 7) is 5.23. The van der Waals surface area contributed by atoms with Crippen molar-refractivity contribution in [1.82, 2.24) is 19.4 Å². The minimum absolute atomic E-state index is 0.0571. The molecule has 0 aliphatic rings. The molecule has 0 saturated heterocycles. The third kappa shape index (κ3) is 5.81. The number of unbranched alkanes of at least 4 members (excludes halogenated alkanes) is 1. The van der Waals surface area contributed by atoms with Gasteiger partial charge in [0.15, 0.2) is 5.96 Å². The predicted molar refractivity (Wildman–Crippen MR) is 103 cm³/mol. The number of aliphatic imine (C=N–C) groups is 1. The van der Waals surface area contributed by atoms with Crippen molar-refractivity contribution in [3.05, 3.63) is 58.8 Å². The maximum absolute atomic E-state index is 11.7. The molecule has 0 amide bonds. The van der Waals surface area contributed by atoms with E-state index in [9.17, 15) is 4.79 Å². The topological polar surface area (TPSA) is 54.6 Å². The fourth-order valence-corrected chi connectivity index (χ4v) is 2.67. The van der Waals surface area contributed by atoms with Crippen molar-refractivity contribution in [2.24, 2.45) is 12.0 Å². The fraction of sp³-hybridized carbons (Fsp3) is 0.474. The van der Waals surface area contributed by atoms with Gasteiger partial charge in [0.1, 0.15) is 0 Å². The van der Waals surface area contributed by atoms with Gasteiger partial charge in [0.05, 0.1) is 6.54 Å². The Morgan fingerprint density at radius 2 is 2.04 bits per heavy atom. The highest BCUT2D eigenvalue weighted by Gasteiger charge is 2.07. The number of pyridine rings is 1. The van der Waals surface area contributed by atoms with E-state index in [1.54, 1.807) is 16.7 Å². The Hall–Kier alpha value is -2.50. The zero-order valence-electron chi connectivity index (χ0n) is 15.5. The van der Waals surface area contributed by atoms with Gasteiger partial charge in [0.25, 0.3) is 0 Å². The van der Waals surface area contributed by atoms with Crippen molar-refractivity contribution < 1.29 is 0 Å². The molecule has 0 unspecified atom stereocenters. The first kappa shape index (κ1) is 18.8. The second-order valence-electron chi connectivity index (χ2n) is 6.14. The zero-order valence-corrected chi connectivity index (χ0v) is 15.5. The Bertz CT molecular complexity index is 731. The molecule has 2 rings (SSSR count). The number of nitrogens with one attached hydrogen (secondary N) is 1. The first-order valence-electron chi connectivity index (χ1n) is 8.87. The van der Waals surface area contributed by atoms with Crippen LogP contribution in [0.5, 0.6) is 0 Å². The summed E-state index contributed by atoms with van der Waals surface area (Å²) in [6.07, 6.45) is 5.78. The van der Waals surface area contributed by atoms with E-state index in [0.29, 0.717) is 0 Å². The molecule has 6 nitrogen and oxygen atoms in total. The third-order valence-corrected chi connectivity index (χ3v) is 4.11. The molecule has 0 aliphatic heterocycles. The van der Waals surface area contributed by atoms with Crippen LogP contribution in [0.3, 0.4) is 0 Å². The highest BCUT2D eigenvalue weighted by atomic mass is 16.1. The van der Waals surface area contributed by atoms with E-state index in [1.807, 2.05) is 12.3 Å². The Labute approximate surface area is 149 Å². The van der Waals surface area contributed by atoms with Crippen LogP contribution in [-0.2, 0) is 20.1 Å². The molecule has 25 heavy (non-hydrogen) atoms. The van der Waals surface area contributed by atoms with Crippen LogP contribution in [0.4, 0.5) is 0 Å². The Morgan fingerprint density at radius 3 is 2.72 bits per heavy atom. The molecule has 2 heterocycles. The smallest absolute Gasteiger partial charge is 0.250 e. The van der Waals surface area contributed by atoms with E-state index in [1.165, 1.54) is 5.69 Å². The highest BCUT2D eigenvalue weighted by molar-refractivity contribution is 5.79. The van der Waals surface area contributed by atoms with Gasteiger partial charge in [0.2, 0.25) is 5.56 Å². The molecule has 0 spiro atoms. The molecular formula is C19H29N5O. The lowest BCUT2D eigenvalue weighted by molar-refractivity contribution is 0.461. The quantitative estimate of drug-likeness (QED) is 0.453. The Morgan fingerprint density at radius 1 is 1.20 bits per heavy atom. The average molecular weight is 343 g/mol. The maximum Gasteiger partial charge on any atom is 0.250 e. The van der Waals surface area contributed by atoms with E-state index < -0.39 is 0 Å².